The Hall–Kier alpha value is -0.910. The van der Waals surface area contributed by atoms with Crippen molar-refractivity contribution in [2.24, 2.45) is 17.3 Å². The van der Waals surface area contributed by atoms with Crippen molar-refractivity contribution in [2.45, 2.75) is 53.0 Å². The lowest BCUT2D eigenvalue weighted by atomic mass is 9.81. The van der Waals surface area contributed by atoms with Crippen LogP contribution < -0.4 is 5.32 Å². The summed E-state index contributed by atoms with van der Waals surface area (Å²) in [6.07, 6.45) is 0. The Kier molecular flexibility index (Phi) is 5.96. The van der Waals surface area contributed by atoms with Gasteiger partial charge in [-0.2, -0.15) is 0 Å². The number of nitrogens with one attached hydrogen (secondary N) is 1. The van der Waals surface area contributed by atoms with Gasteiger partial charge in [0, 0.05) is 12.3 Å². The topological polar surface area (TPSA) is 69.6 Å². The highest BCUT2D eigenvalue weighted by molar-refractivity contribution is 8.00. The van der Waals surface area contributed by atoms with Gasteiger partial charge in [-0.05, 0) is 17.3 Å². The Morgan fingerprint density at radius 1 is 1.33 bits per heavy atom. The first-order valence-electron chi connectivity index (χ1n) is 7.48. The minimum Gasteiger partial charge on any atom is -0.480 e. The van der Waals surface area contributed by atoms with Gasteiger partial charge in [0.05, 0.1) is 5.37 Å². The standard InChI is InChI=1S/C15H28N2O3S/c1-9(2)12-17(11(7-21-12)13(18)19)14(20)16-8-15(5,6)10(3)4/h9-12H,7-8H2,1-6H3,(H,16,20)(H,18,19). The van der Waals surface area contributed by atoms with Gasteiger partial charge in [-0.15, -0.1) is 11.8 Å². The molecule has 0 aliphatic carbocycles. The molecule has 1 heterocycles. The highest BCUT2D eigenvalue weighted by atomic mass is 32.2. The van der Waals surface area contributed by atoms with Crippen molar-refractivity contribution in [3.05, 3.63) is 0 Å². The second-order valence-electron chi connectivity index (χ2n) is 7.03. The first kappa shape index (κ1) is 18.1. The molecule has 0 bridgehead atoms. The lowest BCUT2D eigenvalue weighted by Gasteiger charge is -2.33. The molecular formula is C15H28N2O3S. The first-order valence-corrected chi connectivity index (χ1v) is 8.53. The van der Waals surface area contributed by atoms with Crippen molar-refractivity contribution < 1.29 is 14.7 Å². The van der Waals surface area contributed by atoms with Crippen molar-refractivity contribution in [3.63, 3.8) is 0 Å². The van der Waals surface area contributed by atoms with Crippen molar-refractivity contribution in [3.8, 4) is 0 Å². The van der Waals surface area contributed by atoms with Gasteiger partial charge in [-0.25, -0.2) is 9.59 Å². The summed E-state index contributed by atoms with van der Waals surface area (Å²) in [6, 6.07) is -0.996. The number of nitrogens with zero attached hydrogens (tertiary/aromatic N) is 1. The summed E-state index contributed by atoms with van der Waals surface area (Å²) >= 11 is 1.55. The second kappa shape index (κ2) is 6.90. The Bertz CT molecular complexity index is 396. The van der Waals surface area contributed by atoms with E-state index in [0.29, 0.717) is 18.2 Å². The number of carboxylic acids is 1. The molecule has 5 nitrogen and oxygen atoms in total. The average Bonchev–Trinajstić information content (AvgIpc) is 2.80. The van der Waals surface area contributed by atoms with Crippen molar-refractivity contribution in [2.75, 3.05) is 12.3 Å². The van der Waals surface area contributed by atoms with Crippen LogP contribution in [0.1, 0.15) is 41.5 Å². The maximum atomic E-state index is 12.5. The fraction of sp³-hybridized carbons (Fsp3) is 0.867. The van der Waals surface area contributed by atoms with Crippen LogP contribution >= 0.6 is 11.8 Å². The minimum atomic E-state index is -0.927. The lowest BCUT2D eigenvalue weighted by Crippen LogP contribution is -2.53. The third-order valence-electron chi connectivity index (χ3n) is 4.38. The van der Waals surface area contributed by atoms with Gasteiger partial charge < -0.3 is 10.4 Å². The van der Waals surface area contributed by atoms with Crippen LogP contribution in [0.25, 0.3) is 0 Å². The number of carboxylic acid groups (broad SMARTS) is 1. The van der Waals surface area contributed by atoms with Gasteiger partial charge in [0.2, 0.25) is 0 Å². The molecule has 0 radical (unpaired) electrons. The number of rotatable bonds is 5. The zero-order valence-electron chi connectivity index (χ0n) is 13.8. The zero-order chi connectivity index (χ0) is 16.4. The highest BCUT2D eigenvalue weighted by Gasteiger charge is 2.43. The maximum Gasteiger partial charge on any atom is 0.327 e. The predicted octanol–water partition coefficient (Wildman–Crippen LogP) is 2.86. The Morgan fingerprint density at radius 2 is 1.90 bits per heavy atom. The van der Waals surface area contributed by atoms with Crippen LogP contribution in [0.4, 0.5) is 4.79 Å². The fourth-order valence-electron chi connectivity index (χ4n) is 2.09. The summed E-state index contributed by atoms with van der Waals surface area (Å²) in [5.74, 6) is 0.188. The van der Waals surface area contributed by atoms with Crippen LogP contribution in [0.2, 0.25) is 0 Å². The molecule has 2 amide bonds. The van der Waals surface area contributed by atoms with Gasteiger partial charge in [-0.1, -0.05) is 41.5 Å². The molecule has 1 fully saturated rings. The van der Waals surface area contributed by atoms with E-state index in [1.807, 2.05) is 13.8 Å². The number of aliphatic carboxylic acids is 1. The summed E-state index contributed by atoms with van der Waals surface area (Å²) in [5, 5.41) is 12.2. The van der Waals surface area contributed by atoms with E-state index < -0.39 is 12.0 Å². The maximum absolute atomic E-state index is 12.5. The molecule has 1 aliphatic heterocycles. The summed E-state index contributed by atoms with van der Waals surface area (Å²) < 4.78 is 0. The van der Waals surface area contributed by atoms with Crippen LogP contribution in [0.3, 0.4) is 0 Å². The van der Waals surface area contributed by atoms with E-state index in [4.69, 9.17) is 0 Å². The number of thioether (sulfide) groups is 1. The third kappa shape index (κ3) is 4.28. The molecule has 21 heavy (non-hydrogen) atoms. The SMILES string of the molecule is CC(C)C1SCC(C(=O)O)N1C(=O)NCC(C)(C)C(C)C. The van der Waals surface area contributed by atoms with Gasteiger partial charge >= 0.3 is 12.0 Å². The molecule has 2 atom stereocenters. The average molecular weight is 316 g/mol. The van der Waals surface area contributed by atoms with Crippen molar-refractivity contribution in [1.82, 2.24) is 10.2 Å². The minimum absolute atomic E-state index is 0.0193. The molecule has 1 saturated heterocycles. The van der Waals surface area contributed by atoms with Crippen molar-refractivity contribution >= 4 is 23.8 Å². The summed E-state index contributed by atoms with van der Waals surface area (Å²) in [6.45, 7) is 13.0. The summed E-state index contributed by atoms with van der Waals surface area (Å²) in [5.41, 5.74) is -0.0193. The molecule has 0 saturated carbocycles. The number of hydrogen-bond acceptors (Lipinski definition) is 3. The van der Waals surface area contributed by atoms with Gasteiger partial charge in [0.15, 0.2) is 0 Å². The Morgan fingerprint density at radius 3 is 2.33 bits per heavy atom. The van der Waals surface area contributed by atoms with Crippen LogP contribution in [-0.2, 0) is 4.79 Å². The van der Waals surface area contributed by atoms with Gasteiger partial charge in [0.1, 0.15) is 6.04 Å². The third-order valence-corrected chi connectivity index (χ3v) is 6.00. The van der Waals surface area contributed by atoms with E-state index in [2.05, 4.69) is 33.0 Å². The zero-order valence-corrected chi connectivity index (χ0v) is 14.7. The molecule has 122 valence electrons. The van der Waals surface area contributed by atoms with E-state index in [1.165, 1.54) is 4.90 Å². The molecule has 2 unspecified atom stereocenters. The van der Waals surface area contributed by atoms with Crippen LogP contribution in [-0.4, -0.2) is 45.7 Å². The Labute approximate surface area is 131 Å². The number of hydrogen-bond donors (Lipinski definition) is 2. The van der Waals surface area contributed by atoms with Crippen LogP contribution in [0.5, 0.6) is 0 Å². The fourth-order valence-corrected chi connectivity index (χ4v) is 3.56. The Balaban J connectivity index is 2.78. The van der Waals surface area contributed by atoms with E-state index in [9.17, 15) is 14.7 Å². The molecule has 1 aliphatic rings. The first-order chi connectivity index (χ1) is 9.58. The number of carbonyl (C=O) groups excluding carboxylic acids is 1. The largest absolute Gasteiger partial charge is 0.480 e. The van der Waals surface area contributed by atoms with E-state index >= 15 is 0 Å². The number of amides is 2. The molecule has 1 rings (SSSR count). The molecule has 0 aromatic rings. The van der Waals surface area contributed by atoms with E-state index in [-0.39, 0.29) is 22.7 Å². The van der Waals surface area contributed by atoms with Crippen LogP contribution in [0.15, 0.2) is 0 Å². The van der Waals surface area contributed by atoms with Crippen LogP contribution in [0, 0.1) is 17.3 Å². The molecule has 0 aromatic carbocycles. The van der Waals surface area contributed by atoms with Gasteiger partial charge in [-0.3, -0.25) is 4.90 Å². The normalized spacial score (nSPS) is 23.0. The monoisotopic (exact) mass is 316 g/mol. The molecule has 2 N–H and O–H groups in total. The second-order valence-corrected chi connectivity index (χ2v) is 8.18. The molecular weight excluding hydrogens is 288 g/mol. The molecule has 0 spiro atoms. The van der Waals surface area contributed by atoms with Gasteiger partial charge in [0.25, 0.3) is 0 Å². The smallest absolute Gasteiger partial charge is 0.327 e. The van der Waals surface area contributed by atoms with E-state index in [1.54, 1.807) is 11.8 Å². The highest BCUT2D eigenvalue weighted by Crippen LogP contribution is 2.34. The number of urea groups is 1. The van der Waals surface area contributed by atoms with E-state index in [0.717, 1.165) is 0 Å². The summed E-state index contributed by atoms with van der Waals surface area (Å²) in [7, 11) is 0. The summed E-state index contributed by atoms with van der Waals surface area (Å²) in [4.78, 5) is 25.3. The molecule has 0 aromatic heterocycles. The predicted molar refractivity (Wildman–Crippen MR) is 86.4 cm³/mol. The van der Waals surface area contributed by atoms with Crippen molar-refractivity contribution in [1.29, 1.82) is 0 Å². The quantitative estimate of drug-likeness (QED) is 0.818. The molecule has 6 heteroatoms. The number of carbonyl (C=O) groups is 2. The lowest BCUT2D eigenvalue weighted by molar-refractivity contribution is -0.141.